The molecular formula is C19H20N2O4S. The first-order chi connectivity index (χ1) is 12.5. The van der Waals surface area contributed by atoms with Crippen LogP contribution in [0.5, 0.6) is 5.75 Å². The molecule has 1 saturated carbocycles. The van der Waals surface area contributed by atoms with E-state index in [-0.39, 0.29) is 11.3 Å². The van der Waals surface area contributed by atoms with Crippen LogP contribution in [0.4, 0.5) is 0 Å². The molecule has 1 aliphatic carbocycles. The molecule has 1 atom stereocenters. The Morgan fingerprint density at radius 1 is 1.35 bits per heavy atom. The van der Waals surface area contributed by atoms with E-state index in [1.165, 1.54) is 11.7 Å². The average molecular weight is 372 g/mol. The average Bonchev–Trinajstić information content (AvgIpc) is 3.35. The predicted octanol–water partition coefficient (Wildman–Crippen LogP) is 2.96. The molecule has 1 aromatic carbocycles. The van der Waals surface area contributed by atoms with Crippen molar-refractivity contribution in [1.29, 1.82) is 0 Å². The predicted molar refractivity (Wildman–Crippen MR) is 101 cm³/mol. The Kier molecular flexibility index (Phi) is 4.19. The Labute approximate surface area is 153 Å². The minimum atomic E-state index is -0.970. The minimum Gasteiger partial charge on any atom is -0.491 e. The van der Waals surface area contributed by atoms with Crippen LogP contribution >= 0.6 is 0 Å². The van der Waals surface area contributed by atoms with Gasteiger partial charge in [0, 0.05) is 53.1 Å². The highest BCUT2D eigenvalue weighted by molar-refractivity contribution is 7.83. The van der Waals surface area contributed by atoms with Crippen molar-refractivity contribution in [2.24, 2.45) is 7.05 Å². The van der Waals surface area contributed by atoms with E-state index >= 15 is 0 Å². The van der Waals surface area contributed by atoms with E-state index in [0.717, 1.165) is 40.9 Å². The summed E-state index contributed by atoms with van der Waals surface area (Å²) < 4.78 is 24.4. The van der Waals surface area contributed by atoms with Gasteiger partial charge in [0.2, 0.25) is 0 Å². The lowest BCUT2D eigenvalue weighted by Gasteiger charge is -2.09. The Morgan fingerprint density at radius 3 is 2.77 bits per heavy atom. The highest BCUT2D eigenvalue weighted by atomic mass is 32.2. The highest BCUT2D eigenvalue weighted by Crippen LogP contribution is 2.42. The summed E-state index contributed by atoms with van der Waals surface area (Å²) >= 11 is 0. The quantitative estimate of drug-likeness (QED) is 0.688. The molecule has 1 aliphatic rings. The van der Waals surface area contributed by atoms with Gasteiger partial charge in [-0.1, -0.05) is 0 Å². The number of pyridine rings is 1. The first-order valence-corrected chi connectivity index (χ1v) is 10.2. The van der Waals surface area contributed by atoms with Crippen molar-refractivity contribution in [2.45, 2.75) is 24.5 Å². The number of aryl methyl sites for hydroxylation is 1. The summed E-state index contributed by atoms with van der Waals surface area (Å²) in [6.07, 6.45) is 5.64. The van der Waals surface area contributed by atoms with Gasteiger partial charge in [0.25, 0.3) is 5.56 Å². The number of ether oxygens (including phenoxy) is 1. The maximum absolute atomic E-state index is 12.1. The second-order valence-corrected chi connectivity index (χ2v) is 8.18. The van der Waals surface area contributed by atoms with Crippen LogP contribution < -0.4 is 10.3 Å². The lowest BCUT2D eigenvalue weighted by atomic mass is 10.0. The number of rotatable bonds is 5. The number of methoxy groups -OCH3 is 1. The second kappa shape index (κ2) is 6.39. The molecular weight excluding hydrogens is 352 g/mol. The maximum Gasteiger partial charge on any atom is 0.292 e. The van der Waals surface area contributed by atoms with Crippen LogP contribution in [0.15, 0.2) is 33.6 Å². The molecule has 2 aromatic heterocycles. The van der Waals surface area contributed by atoms with E-state index in [4.69, 9.17) is 14.1 Å². The smallest absolute Gasteiger partial charge is 0.292 e. The fourth-order valence-corrected chi connectivity index (χ4v) is 3.76. The van der Waals surface area contributed by atoms with Gasteiger partial charge in [-0.3, -0.25) is 9.00 Å². The van der Waals surface area contributed by atoms with Crippen LogP contribution in [-0.4, -0.2) is 27.1 Å². The van der Waals surface area contributed by atoms with Crippen LogP contribution in [0.2, 0.25) is 0 Å². The lowest BCUT2D eigenvalue weighted by Crippen LogP contribution is -2.17. The summed E-state index contributed by atoms with van der Waals surface area (Å²) in [4.78, 5) is 16.8. The van der Waals surface area contributed by atoms with E-state index in [9.17, 15) is 9.00 Å². The number of benzene rings is 1. The van der Waals surface area contributed by atoms with Gasteiger partial charge in [0.15, 0.2) is 17.2 Å². The van der Waals surface area contributed by atoms with Crippen LogP contribution in [-0.2, 0) is 23.6 Å². The molecule has 0 radical (unpaired) electrons. The molecule has 3 aromatic rings. The fraction of sp³-hybridized carbons (Fsp3) is 0.368. The molecule has 0 amide bonds. The van der Waals surface area contributed by atoms with Gasteiger partial charge in [0.05, 0.1) is 7.11 Å². The summed E-state index contributed by atoms with van der Waals surface area (Å²) in [6, 6.07) is 5.61. The van der Waals surface area contributed by atoms with Crippen molar-refractivity contribution >= 4 is 21.9 Å². The molecule has 26 heavy (non-hydrogen) atoms. The normalized spacial score (nSPS) is 15.3. The number of hydrogen-bond donors (Lipinski definition) is 0. The third kappa shape index (κ3) is 3.07. The summed E-state index contributed by atoms with van der Waals surface area (Å²) in [5, 5.41) is 0. The maximum atomic E-state index is 12.1. The Bertz CT molecular complexity index is 1080. The largest absolute Gasteiger partial charge is 0.491 e. The summed E-state index contributed by atoms with van der Waals surface area (Å²) in [5.74, 6) is 1.86. The molecule has 0 bridgehead atoms. The number of aromatic nitrogens is 2. The second-order valence-electron chi connectivity index (χ2n) is 6.75. The number of nitrogens with zero attached hydrogens (tertiary/aromatic N) is 2. The van der Waals surface area contributed by atoms with Crippen LogP contribution in [0.25, 0.3) is 22.2 Å². The first-order valence-electron chi connectivity index (χ1n) is 8.44. The van der Waals surface area contributed by atoms with E-state index in [2.05, 4.69) is 0 Å². The summed E-state index contributed by atoms with van der Waals surface area (Å²) in [6.45, 7) is 0. The standard InChI is InChI=1S/C19H20N2O4S/c1-21-9-13(8-16(24-2)19(21)22)14-6-11(10-26(3)23)7-15-17(14)20-18(25-15)12-4-5-12/h6-9,12H,4-5,10H2,1-3H3. The van der Waals surface area contributed by atoms with Gasteiger partial charge < -0.3 is 13.7 Å². The molecule has 1 unspecified atom stereocenters. The van der Waals surface area contributed by atoms with Gasteiger partial charge in [0.1, 0.15) is 5.52 Å². The molecule has 6 nitrogen and oxygen atoms in total. The monoisotopic (exact) mass is 372 g/mol. The third-order valence-electron chi connectivity index (χ3n) is 4.55. The molecule has 0 aliphatic heterocycles. The Morgan fingerprint density at radius 2 is 2.12 bits per heavy atom. The molecule has 2 heterocycles. The molecule has 0 saturated heterocycles. The molecule has 136 valence electrons. The van der Waals surface area contributed by atoms with Crippen LogP contribution in [0, 0.1) is 0 Å². The zero-order valence-corrected chi connectivity index (χ0v) is 15.8. The van der Waals surface area contributed by atoms with Crippen molar-refractivity contribution in [2.75, 3.05) is 13.4 Å². The topological polar surface area (TPSA) is 74.3 Å². The Hall–Kier alpha value is -2.41. The number of fused-ring (bicyclic) bond motifs is 1. The number of oxazole rings is 1. The van der Waals surface area contributed by atoms with Crippen molar-refractivity contribution in [3.63, 3.8) is 0 Å². The fourth-order valence-electron chi connectivity index (χ4n) is 3.12. The summed E-state index contributed by atoms with van der Waals surface area (Å²) in [5.41, 5.74) is 3.84. The molecule has 7 heteroatoms. The van der Waals surface area contributed by atoms with Crippen molar-refractivity contribution < 1.29 is 13.4 Å². The van der Waals surface area contributed by atoms with E-state index < -0.39 is 10.8 Å². The third-order valence-corrected chi connectivity index (χ3v) is 5.29. The van der Waals surface area contributed by atoms with Gasteiger partial charge in [-0.25, -0.2) is 4.98 Å². The first kappa shape index (κ1) is 17.0. The Balaban J connectivity index is 1.96. The van der Waals surface area contributed by atoms with Crippen LogP contribution in [0.3, 0.4) is 0 Å². The molecule has 4 rings (SSSR count). The van der Waals surface area contributed by atoms with Crippen LogP contribution in [0.1, 0.15) is 30.2 Å². The van der Waals surface area contributed by atoms with Gasteiger partial charge >= 0.3 is 0 Å². The SMILES string of the molecule is COc1cc(-c2cc(CS(C)=O)cc3oc(C4CC4)nc23)cn(C)c1=O. The van der Waals surface area contributed by atoms with Gasteiger partial charge in [-0.15, -0.1) is 0 Å². The van der Waals surface area contributed by atoms with Crippen molar-refractivity contribution in [1.82, 2.24) is 9.55 Å². The van der Waals surface area contributed by atoms with Gasteiger partial charge in [-0.05, 0) is 36.6 Å². The molecule has 1 fully saturated rings. The highest BCUT2D eigenvalue weighted by Gasteiger charge is 2.29. The molecule has 0 spiro atoms. The van der Waals surface area contributed by atoms with E-state index in [0.29, 0.717) is 17.3 Å². The van der Waals surface area contributed by atoms with E-state index in [1.54, 1.807) is 25.6 Å². The van der Waals surface area contributed by atoms with Crippen molar-refractivity contribution in [3.05, 3.63) is 46.2 Å². The molecule has 0 N–H and O–H groups in total. The van der Waals surface area contributed by atoms with E-state index in [1.807, 2.05) is 12.1 Å². The summed E-state index contributed by atoms with van der Waals surface area (Å²) in [7, 11) is 2.20. The zero-order valence-electron chi connectivity index (χ0n) is 14.9. The van der Waals surface area contributed by atoms with Crippen molar-refractivity contribution in [3.8, 4) is 16.9 Å². The minimum absolute atomic E-state index is 0.197. The van der Waals surface area contributed by atoms with Gasteiger partial charge in [-0.2, -0.15) is 0 Å². The zero-order chi connectivity index (χ0) is 18.4. The lowest BCUT2D eigenvalue weighted by molar-refractivity contribution is 0.405. The number of hydrogen-bond acceptors (Lipinski definition) is 5.